The molecule has 1 N–H and O–H groups in total. The summed E-state index contributed by atoms with van der Waals surface area (Å²) in [6.07, 6.45) is 6.73. The number of hydrogen-bond donors (Lipinski definition) is 1. The van der Waals surface area contributed by atoms with Gasteiger partial charge in [-0.3, -0.25) is 4.79 Å². The van der Waals surface area contributed by atoms with Gasteiger partial charge in [0, 0.05) is 16.5 Å². The van der Waals surface area contributed by atoms with Gasteiger partial charge in [-0.1, -0.05) is 70.3 Å². The summed E-state index contributed by atoms with van der Waals surface area (Å²) in [6.45, 7) is 7.02. The van der Waals surface area contributed by atoms with Crippen LogP contribution in [0.1, 0.15) is 62.1 Å². The van der Waals surface area contributed by atoms with Crippen molar-refractivity contribution in [2.45, 2.75) is 82.8 Å². The fourth-order valence-corrected chi connectivity index (χ4v) is 10.2. The van der Waals surface area contributed by atoms with Crippen molar-refractivity contribution in [3.05, 3.63) is 57.4 Å². The van der Waals surface area contributed by atoms with Crippen LogP contribution in [-0.2, 0) is 28.3 Å². The summed E-state index contributed by atoms with van der Waals surface area (Å²) in [4.78, 5) is 31.1. The molecule has 4 heterocycles. The standard InChI is InChI=1S/C28H32N2O4Si/c1-4-28(33)21-14-22-24-18(15-30(22)26(31)20(21)16-34-27(28)32)13-17-9-8-12-23(25(17)29-24)35(2,3)19-10-6-5-7-11-19/h8-9,12-14,19,33H,4-7,10-11,15-16H2,1-3H3/t28-/m0/s1. The zero-order chi connectivity index (χ0) is 24.5. The van der Waals surface area contributed by atoms with E-state index in [0.29, 0.717) is 23.4 Å². The van der Waals surface area contributed by atoms with Gasteiger partial charge in [0.05, 0.1) is 37.1 Å². The van der Waals surface area contributed by atoms with Gasteiger partial charge in [-0.15, -0.1) is 0 Å². The van der Waals surface area contributed by atoms with Crippen molar-refractivity contribution in [2.24, 2.45) is 0 Å². The number of benzene rings is 1. The lowest BCUT2D eigenvalue weighted by Crippen LogP contribution is -2.47. The van der Waals surface area contributed by atoms with E-state index in [0.717, 1.165) is 27.7 Å². The largest absolute Gasteiger partial charge is 0.458 e. The highest BCUT2D eigenvalue weighted by molar-refractivity contribution is 6.92. The maximum absolute atomic E-state index is 13.5. The molecule has 0 amide bonds. The Bertz CT molecular complexity index is 1440. The topological polar surface area (TPSA) is 81.4 Å². The van der Waals surface area contributed by atoms with Gasteiger partial charge in [-0.25, -0.2) is 9.78 Å². The highest BCUT2D eigenvalue weighted by Gasteiger charge is 2.45. The van der Waals surface area contributed by atoms with Gasteiger partial charge >= 0.3 is 5.97 Å². The molecule has 35 heavy (non-hydrogen) atoms. The molecule has 1 aliphatic carbocycles. The second-order valence-corrected chi connectivity index (χ2v) is 15.8. The Morgan fingerprint density at radius 2 is 1.94 bits per heavy atom. The number of hydrogen-bond acceptors (Lipinski definition) is 5. The molecule has 1 fully saturated rings. The Labute approximate surface area is 206 Å². The molecule has 2 aromatic heterocycles. The summed E-state index contributed by atoms with van der Waals surface area (Å²) >= 11 is 0. The monoisotopic (exact) mass is 488 g/mol. The van der Waals surface area contributed by atoms with E-state index < -0.39 is 19.6 Å². The molecule has 0 unspecified atom stereocenters. The molecule has 3 aromatic rings. The molecule has 2 aliphatic heterocycles. The van der Waals surface area contributed by atoms with Gasteiger partial charge in [0.2, 0.25) is 0 Å². The molecule has 182 valence electrons. The van der Waals surface area contributed by atoms with Crippen molar-refractivity contribution in [3.63, 3.8) is 0 Å². The van der Waals surface area contributed by atoms with E-state index in [4.69, 9.17) is 9.72 Å². The van der Waals surface area contributed by atoms with Crippen LogP contribution in [0.15, 0.2) is 35.1 Å². The molecular weight excluding hydrogens is 456 g/mol. The number of cyclic esters (lactones) is 1. The lowest BCUT2D eigenvalue weighted by molar-refractivity contribution is -0.172. The Morgan fingerprint density at radius 3 is 2.69 bits per heavy atom. The van der Waals surface area contributed by atoms with Crippen molar-refractivity contribution in [3.8, 4) is 11.4 Å². The molecule has 0 radical (unpaired) electrons. The Hall–Kier alpha value is -2.77. The third kappa shape index (κ3) is 3.21. The van der Waals surface area contributed by atoms with E-state index in [-0.39, 0.29) is 18.6 Å². The first-order chi connectivity index (χ1) is 16.8. The second-order valence-electron chi connectivity index (χ2n) is 11.0. The molecule has 0 bridgehead atoms. The maximum atomic E-state index is 13.5. The first-order valence-corrected chi connectivity index (χ1v) is 15.9. The number of nitrogens with zero attached hydrogens (tertiary/aromatic N) is 2. The highest BCUT2D eigenvalue weighted by atomic mass is 28.3. The summed E-state index contributed by atoms with van der Waals surface area (Å²) in [5.74, 6) is -0.691. The normalized spacial score (nSPS) is 22.0. The van der Waals surface area contributed by atoms with Crippen LogP contribution < -0.4 is 10.7 Å². The average Bonchev–Trinajstić information content (AvgIpc) is 3.23. The number of ether oxygens (including phenoxy) is 1. The van der Waals surface area contributed by atoms with Crippen LogP contribution in [0.3, 0.4) is 0 Å². The summed E-state index contributed by atoms with van der Waals surface area (Å²) in [5, 5.41) is 13.6. The number of aliphatic hydroxyl groups is 1. The van der Waals surface area contributed by atoms with Gasteiger partial charge < -0.3 is 14.4 Å². The minimum Gasteiger partial charge on any atom is -0.458 e. The van der Waals surface area contributed by atoms with Gasteiger partial charge in [0.25, 0.3) is 5.56 Å². The first kappa shape index (κ1) is 22.7. The van der Waals surface area contributed by atoms with E-state index in [1.165, 1.54) is 37.3 Å². The van der Waals surface area contributed by atoms with Crippen LogP contribution in [0.5, 0.6) is 0 Å². The fraction of sp³-hybridized carbons (Fsp3) is 0.464. The van der Waals surface area contributed by atoms with Gasteiger partial charge in [-0.2, -0.15) is 0 Å². The first-order valence-electron chi connectivity index (χ1n) is 12.9. The van der Waals surface area contributed by atoms with Crippen LogP contribution in [0.4, 0.5) is 0 Å². The molecule has 1 saturated carbocycles. The number of esters is 1. The van der Waals surface area contributed by atoms with Crippen molar-refractivity contribution in [1.29, 1.82) is 0 Å². The van der Waals surface area contributed by atoms with Crippen molar-refractivity contribution in [2.75, 3.05) is 0 Å². The molecular formula is C28H32N2O4Si. The van der Waals surface area contributed by atoms with E-state index in [1.807, 2.05) is 0 Å². The molecule has 1 atom stereocenters. The van der Waals surface area contributed by atoms with Crippen molar-refractivity contribution < 1.29 is 14.6 Å². The Kier molecular flexibility index (Phi) is 5.10. The van der Waals surface area contributed by atoms with Crippen LogP contribution >= 0.6 is 0 Å². The number of aromatic nitrogens is 2. The Balaban J connectivity index is 1.55. The summed E-state index contributed by atoms with van der Waals surface area (Å²) < 4.78 is 6.91. The van der Waals surface area contributed by atoms with E-state index in [9.17, 15) is 14.7 Å². The van der Waals surface area contributed by atoms with Gasteiger partial charge in [-0.05, 0) is 29.3 Å². The lowest BCUT2D eigenvalue weighted by Gasteiger charge is -2.36. The number of pyridine rings is 2. The lowest BCUT2D eigenvalue weighted by atomic mass is 9.86. The number of fused-ring (bicyclic) bond motifs is 5. The highest BCUT2D eigenvalue weighted by Crippen LogP contribution is 2.40. The van der Waals surface area contributed by atoms with Gasteiger partial charge in [0.15, 0.2) is 5.60 Å². The van der Waals surface area contributed by atoms with Crippen molar-refractivity contribution >= 4 is 30.1 Å². The molecule has 0 spiro atoms. The second kappa shape index (κ2) is 7.87. The number of para-hydroxylation sites is 1. The zero-order valence-electron chi connectivity index (χ0n) is 20.7. The summed E-state index contributed by atoms with van der Waals surface area (Å²) in [5.41, 5.74) is 2.98. The molecule has 7 heteroatoms. The summed E-state index contributed by atoms with van der Waals surface area (Å²) in [7, 11) is -1.77. The predicted molar refractivity (Wildman–Crippen MR) is 138 cm³/mol. The van der Waals surface area contributed by atoms with Crippen LogP contribution in [0, 0.1) is 0 Å². The Morgan fingerprint density at radius 1 is 1.17 bits per heavy atom. The van der Waals surface area contributed by atoms with E-state index in [1.54, 1.807) is 17.6 Å². The van der Waals surface area contributed by atoms with E-state index in [2.05, 4.69) is 37.4 Å². The molecule has 6 rings (SSSR count). The molecule has 1 aromatic carbocycles. The van der Waals surface area contributed by atoms with Crippen LogP contribution in [0.2, 0.25) is 18.6 Å². The fourth-order valence-electron chi connectivity index (χ4n) is 6.57. The molecule has 6 nitrogen and oxygen atoms in total. The van der Waals surface area contributed by atoms with Crippen LogP contribution in [-0.4, -0.2) is 28.7 Å². The third-order valence-electron chi connectivity index (χ3n) is 8.86. The maximum Gasteiger partial charge on any atom is 0.343 e. The SMILES string of the molecule is CC[C@@]1(O)C(=O)OCc2c1cc1n(c2=O)Cc2cc3cccc([Si](C)(C)C4CCCCC4)c3nc2-1. The number of carbonyl (C=O) groups is 1. The number of carbonyl (C=O) groups excluding carboxylic acids is 1. The minimum absolute atomic E-state index is 0.104. The summed E-state index contributed by atoms with van der Waals surface area (Å²) in [6, 6.07) is 10.5. The molecule has 3 aliphatic rings. The molecule has 0 saturated heterocycles. The number of rotatable bonds is 3. The van der Waals surface area contributed by atoms with Crippen molar-refractivity contribution in [1.82, 2.24) is 9.55 Å². The average molecular weight is 489 g/mol. The zero-order valence-corrected chi connectivity index (χ0v) is 21.7. The van der Waals surface area contributed by atoms with Gasteiger partial charge in [0.1, 0.15) is 6.61 Å². The quantitative estimate of drug-likeness (QED) is 0.343. The third-order valence-corrected chi connectivity index (χ3v) is 13.3. The minimum atomic E-state index is -1.80. The predicted octanol–water partition coefficient (Wildman–Crippen LogP) is 4.33. The smallest absolute Gasteiger partial charge is 0.343 e. The van der Waals surface area contributed by atoms with E-state index >= 15 is 0 Å². The van der Waals surface area contributed by atoms with Crippen LogP contribution in [0.25, 0.3) is 22.3 Å².